The maximum absolute atomic E-state index is 3.75. The number of allylic oxidation sites excluding steroid dienone is 4. The molecule has 0 fully saturated rings. The van der Waals surface area contributed by atoms with Crippen LogP contribution in [0.15, 0.2) is 28.4 Å². The van der Waals surface area contributed by atoms with Gasteiger partial charge in [-0.25, -0.2) is 0 Å². The van der Waals surface area contributed by atoms with E-state index in [0.29, 0.717) is 0 Å². The highest BCUT2D eigenvalue weighted by atomic mass is 14.7. The summed E-state index contributed by atoms with van der Waals surface area (Å²) in [4.78, 5) is 3.75. The lowest BCUT2D eigenvalue weighted by Gasteiger charge is -1.89. The molecule has 0 saturated heterocycles. The highest BCUT2D eigenvalue weighted by Gasteiger charge is 1.80. The van der Waals surface area contributed by atoms with E-state index >= 15 is 0 Å². The summed E-state index contributed by atoms with van der Waals surface area (Å²) in [6.07, 6.45) is 4.03. The lowest BCUT2D eigenvalue weighted by molar-refractivity contribution is 1.29. The number of nitrogens with zero attached hydrogens (tertiary/aromatic N) is 1. The first kappa shape index (κ1) is 8.15. The number of hydrogen-bond acceptors (Lipinski definition) is 1. The van der Waals surface area contributed by atoms with Gasteiger partial charge in [0.1, 0.15) is 0 Å². The Morgan fingerprint density at radius 3 is 2.33 bits per heavy atom. The van der Waals surface area contributed by atoms with Gasteiger partial charge < -0.3 is 0 Å². The van der Waals surface area contributed by atoms with Gasteiger partial charge in [-0.15, -0.1) is 0 Å². The van der Waals surface area contributed by atoms with Crippen LogP contribution in [0.1, 0.15) is 20.8 Å². The highest BCUT2D eigenvalue weighted by molar-refractivity contribution is 5.30. The molecular weight excluding hydrogens is 110 g/mol. The molecule has 1 nitrogen and oxygen atoms in total. The SMILES string of the molecule is C=N/C(C)=C\C(C)=C/C. The predicted molar refractivity (Wildman–Crippen MR) is 42.7 cm³/mol. The molecule has 0 aromatic heterocycles. The van der Waals surface area contributed by atoms with Gasteiger partial charge in [-0.2, -0.15) is 0 Å². The van der Waals surface area contributed by atoms with Crippen molar-refractivity contribution in [3.05, 3.63) is 23.4 Å². The van der Waals surface area contributed by atoms with Gasteiger partial charge >= 0.3 is 0 Å². The smallest absolute Gasteiger partial charge is 0.0367 e. The second-order valence-corrected chi connectivity index (χ2v) is 1.98. The van der Waals surface area contributed by atoms with Crippen LogP contribution in [0.5, 0.6) is 0 Å². The van der Waals surface area contributed by atoms with Crippen LogP contribution >= 0.6 is 0 Å². The summed E-state index contributed by atoms with van der Waals surface area (Å²) in [7, 11) is 0. The lowest BCUT2D eigenvalue weighted by atomic mass is 10.2. The molecule has 0 N–H and O–H groups in total. The minimum atomic E-state index is 0.964. The molecule has 0 bridgehead atoms. The Balaban J connectivity index is 4.11. The average molecular weight is 123 g/mol. The molecule has 0 heterocycles. The van der Waals surface area contributed by atoms with Crippen LogP contribution in [-0.4, -0.2) is 6.72 Å². The molecule has 0 amide bonds. The molecule has 0 spiro atoms. The first-order valence-electron chi connectivity index (χ1n) is 2.98. The molecule has 9 heavy (non-hydrogen) atoms. The topological polar surface area (TPSA) is 12.4 Å². The third-order valence-corrected chi connectivity index (χ3v) is 1.14. The van der Waals surface area contributed by atoms with E-state index in [0.717, 1.165) is 5.70 Å². The third-order valence-electron chi connectivity index (χ3n) is 1.14. The van der Waals surface area contributed by atoms with Crippen LogP contribution in [0.25, 0.3) is 0 Å². The molecule has 0 saturated carbocycles. The fraction of sp³-hybridized carbons (Fsp3) is 0.375. The van der Waals surface area contributed by atoms with E-state index in [2.05, 4.69) is 11.7 Å². The van der Waals surface area contributed by atoms with Crippen molar-refractivity contribution in [1.82, 2.24) is 0 Å². The summed E-state index contributed by atoms with van der Waals surface area (Å²) in [6, 6.07) is 0. The van der Waals surface area contributed by atoms with Crippen molar-refractivity contribution in [3.8, 4) is 0 Å². The lowest BCUT2D eigenvalue weighted by Crippen LogP contribution is -1.69. The maximum atomic E-state index is 3.75. The monoisotopic (exact) mass is 123 g/mol. The number of aliphatic imine (C=N–C) groups is 1. The van der Waals surface area contributed by atoms with Crippen LogP contribution in [0.2, 0.25) is 0 Å². The standard InChI is InChI=1S/C8H13N/c1-5-7(2)6-8(3)9-4/h5-6H,4H2,1-3H3/b7-5-,8-6-. The highest BCUT2D eigenvalue weighted by Crippen LogP contribution is 2.00. The van der Waals surface area contributed by atoms with Gasteiger partial charge in [0, 0.05) is 5.70 Å². The van der Waals surface area contributed by atoms with Gasteiger partial charge in [-0.3, -0.25) is 4.99 Å². The van der Waals surface area contributed by atoms with E-state index in [4.69, 9.17) is 0 Å². The van der Waals surface area contributed by atoms with Gasteiger partial charge in [0.25, 0.3) is 0 Å². The quantitative estimate of drug-likeness (QED) is 0.395. The first-order valence-corrected chi connectivity index (χ1v) is 2.98. The van der Waals surface area contributed by atoms with Crippen LogP contribution in [0, 0.1) is 0 Å². The van der Waals surface area contributed by atoms with E-state index in [1.807, 2.05) is 32.9 Å². The van der Waals surface area contributed by atoms with Crippen molar-refractivity contribution in [2.45, 2.75) is 20.8 Å². The van der Waals surface area contributed by atoms with Gasteiger partial charge in [0.2, 0.25) is 0 Å². The van der Waals surface area contributed by atoms with Crippen LogP contribution in [0.3, 0.4) is 0 Å². The van der Waals surface area contributed by atoms with Crippen LogP contribution in [0.4, 0.5) is 0 Å². The van der Waals surface area contributed by atoms with E-state index in [-0.39, 0.29) is 0 Å². The van der Waals surface area contributed by atoms with Gasteiger partial charge in [0.15, 0.2) is 0 Å². The first-order chi connectivity index (χ1) is 4.20. The molecule has 0 aromatic carbocycles. The molecule has 0 aromatic rings. The Labute approximate surface area is 56.8 Å². The molecule has 1 heteroatoms. The van der Waals surface area contributed by atoms with Gasteiger partial charge in [-0.05, 0) is 33.6 Å². The Hall–Kier alpha value is -0.850. The zero-order chi connectivity index (χ0) is 7.28. The summed E-state index contributed by atoms with van der Waals surface area (Å²) in [5.41, 5.74) is 2.19. The normalized spacial score (nSPS) is 13.7. The van der Waals surface area contributed by atoms with Crippen molar-refractivity contribution in [1.29, 1.82) is 0 Å². The van der Waals surface area contributed by atoms with Gasteiger partial charge in [0.05, 0.1) is 0 Å². The summed E-state index contributed by atoms with van der Waals surface area (Å²) in [5.74, 6) is 0. The van der Waals surface area contributed by atoms with Crippen LogP contribution in [-0.2, 0) is 0 Å². The van der Waals surface area contributed by atoms with E-state index in [9.17, 15) is 0 Å². The minimum absolute atomic E-state index is 0.964. The molecule has 0 aliphatic heterocycles. The zero-order valence-electron chi connectivity index (χ0n) is 6.31. The van der Waals surface area contributed by atoms with Crippen molar-refractivity contribution < 1.29 is 0 Å². The zero-order valence-corrected chi connectivity index (χ0v) is 6.31. The summed E-state index contributed by atoms with van der Waals surface area (Å²) in [6.45, 7) is 9.37. The van der Waals surface area contributed by atoms with E-state index in [1.165, 1.54) is 5.57 Å². The molecule has 0 radical (unpaired) electrons. The van der Waals surface area contributed by atoms with E-state index < -0.39 is 0 Å². The second kappa shape index (κ2) is 4.07. The van der Waals surface area contributed by atoms with Crippen molar-refractivity contribution in [3.63, 3.8) is 0 Å². The fourth-order valence-corrected chi connectivity index (χ4v) is 0.458. The largest absolute Gasteiger partial charge is 0.269 e. The van der Waals surface area contributed by atoms with Crippen molar-refractivity contribution in [2.75, 3.05) is 0 Å². The predicted octanol–water partition coefficient (Wildman–Crippen LogP) is 2.56. The Morgan fingerprint density at radius 1 is 1.44 bits per heavy atom. The number of rotatable bonds is 2. The molecular formula is C8H13N. The third kappa shape index (κ3) is 3.71. The minimum Gasteiger partial charge on any atom is -0.269 e. The Bertz CT molecular complexity index is 152. The molecule has 0 atom stereocenters. The number of hydrogen-bond donors (Lipinski definition) is 0. The molecule has 0 rings (SSSR count). The summed E-state index contributed by atoms with van der Waals surface area (Å²) in [5, 5.41) is 0. The average Bonchev–Trinajstić information content (AvgIpc) is 1.87. The van der Waals surface area contributed by atoms with E-state index in [1.54, 1.807) is 0 Å². The van der Waals surface area contributed by atoms with Crippen LogP contribution < -0.4 is 0 Å². The van der Waals surface area contributed by atoms with Gasteiger partial charge in [-0.1, -0.05) is 11.6 Å². The Kier molecular flexibility index (Phi) is 3.69. The molecule has 0 unspecified atom stereocenters. The summed E-state index contributed by atoms with van der Waals surface area (Å²) < 4.78 is 0. The van der Waals surface area contributed by atoms with Crippen molar-refractivity contribution in [2.24, 2.45) is 4.99 Å². The second-order valence-electron chi connectivity index (χ2n) is 1.98. The maximum Gasteiger partial charge on any atom is 0.0367 e. The fourth-order valence-electron chi connectivity index (χ4n) is 0.458. The Morgan fingerprint density at radius 2 is 2.00 bits per heavy atom. The summed E-state index contributed by atoms with van der Waals surface area (Å²) >= 11 is 0. The molecule has 0 aliphatic carbocycles. The molecule has 50 valence electrons. The molecule has 0 aliphatic rings. The van der Waals surface area contributed by atoms with Crippen molar-refractivity contribution >= 4 is 6.72 Å².